The van der Waals surface area contributed by atoms with Gasteiger partial charge in [-0.15, -0.1) is 10.2 Å². The number of rotatable bonds is 6. The second-order valence-corrected chi connectivity index (χ2v) is 6.84. The number of amides is 2. The fourth-order valence-corrected chi connectivity index (χ4v) is 2.92. The Balaban J connectivity index is 1.53. The molecule has 2 aromatic carbocycles. The third kappa shape index (κ3) is 5.57. The minimum atomic E-state index is -0.213. The van der Waals surface area contributed by atoms with Gasteiger partial charge in [0.25, 0.3) is 5.22 Å². The van der Waals surface area contributed by atoms with Crippen molar-refractivity contribution < 1.29 is 14.0 Å². The van der Waals surface area contributed by atoms with Crippen molar-refractivity contribution in [2.75, 3.05) is 16.4 Å². The first-order valence-corrected chi connectivity index (χ1v) is 9.26. The summed E-state index contributed by atoms with van der Waals surface area (Å²) in [5.74, 6) is 0.0913. The summed E-state index contributed by atoms with van der Waals surface area (Å²) in [4.78, 5) is 23.1. The number of thioether (sulfide) groups is 1. The van der Waals surface area contributed by atoms with Gasteiger partial charge in [-0.05, 0) is 42.5 Å². The van der Waals surface area contributed by atoms with Crippen molar-refractivity contribution >= 4 is 46.6 Å². The Labute approximate surface area is 164 Å². The smallest absolute Gasteiger partial charge is 0.277 e. The molecule has 9 heteroatoms. The average molecular weight is 403 g/mol. The first-order valence-electron chi connectivity index (χ1n) is 7.89. The van der Waals surface area contributed by atoms with E-state index < -0.39 is 0 Å². The summed E-state index contributed by atoms with van der Waals surface area (Å²) in [5.41, 5.74) is 2.00. The van der Waals surface area contributed by atoms with Crippen LogP contribution in [0.1, 0.15) is 6.92 Å². The highest BCUT2D eigenvalue weighted by atomic mass is 35.5. The minimum absolute atomic E-state index is 0.116. The molecule has 2 amide bonds. The fourth-order valence-electron chi connectivity index (χ4n) is 2.17. The zero-order valence-electron chi connectivity index (χ0n) is 14.2. The lowest BCUT2D eigenvalue weighted by molar-refractivity contribution is -0.114. The van der Waals surface area contributed by atoms with Crippen LogP contribution in [-0.4, -0.2) is 27.8 Å². The molecule has 0 fully saturated rings. The maximum Gasteiger partial charge on any atom is 0.277 e. The topological polar surface area (TPSA) is 97.1 Å². The largest absolute Gasteiger partial charge is 0.411 e. The minimum Gasteiger partial charge on any atom is -0.411 e. The molecule has 0 unspecified atom stereocenters. The van der Waals surface area contributed by atoms with Crippen LogP contribution in [0.25, 0.3) is 11.5 Å². The molecule has 138 valence electrons. The second-order valence-electron chi connectivity index (χ2n) is 5.48. The Kier molecular flexibility index (Phi) is 6.10. The summed E-state index contributed by atoms with van der Waals surface area (Å²) in [6.45, 7) is 1.43. The SMILES string of the molecule is CC(=O)Nc1ccc(NC(=O)CSc2nnc(-c3cccc(Cl)c3)o2)cc1. The van der Waals surface area contributed by atoms with Gasteiger partial charge in [0.15, 0.2) is 0 Å². The van der Waals surface area contributed by atoms with Crippen LogP contribution in [0.5, 0.6) is 0 Å². The van der Waals surface area contributed by atoms with E-state index in [0.29, 0.717) is 33.1 Å². The molecular weight excluding hydrogens is 388 g/mol. The Bertz CT molecular complexity index is 959. The third-order valence-corrected chi connectivity index (χ3v) is 4.35. The second kappa shape index (κ2) is 8.70. The normalized spacial score (nSPS) is 10.4. The van der Waals surface area contributed by atoms with Crippen molar-refractivity contribution in [3.8, 4) is 11.5 Å². The number of benzene rings is 2. The van der Waals surface area contributed by atoms with Crippen molar-refractivity contribution in [2.45, 2.75) is 12.1 Å². The van der Waals surface area contributed by atoms with E-state index in [1.54, 1.807) is 42.5 Å². The zero-order chi connectivity index (χ0) is 19.2. The lowest BCUT2D eigenvalue weighted by Gasteiger charge is -2.06. The predicted molar refractivity (Wildman–Crippen MR) is 105 cm³/mol. The highest BCUT2D eigenvalue weighted by molar-refractivity contribution is 7.99. The lowest BCUT2D eigenvalue weighted by atomic mass is 10.2. The molecule has 0 aliphatic carbocycles. The van der Waals surface area contributed by atoms with Crippen molar-refractivity contribution in [1.82, 2.24) is 10.2 Å². The summed E-state index contributed by atoms with van der Waals surface area (Å²) in [6.07, 6.45) is 0. The molecule has 0 aliphatic rings. The summed E-state index contributed by atoms with van der Waals surface area (Å²) in [6, 6.07) is 13.9. The molecule has 27 heavy (non-hydrogen) atoms. The van der Waals surface area contributed by atoms with Crippen LogP contribution in [0.2, 0.25) is 5.02 Å². The first kappa shape index (κ1) is 18.9. The van der Waals surface area contributed by atoms with Gasteiger partial charge in [0, 0.05) is 28.9 Å². The number of anilines is 2. The molecule has 0 radical (unpaired) electrons. The van der Waals surface area contributed by atoms with Crippen LogP contribution in [0.3, 0.4) is 0 Å². The standard InChI is InChI=1S/C18H15ClN4O3S/c1-11(24)20-14-5-7-15(8-6-14)21-16(25)10-27-18-23-22-17(26-18)12-3-2-4-13(19)9-12/h2-9H,10H2,1H3,(H,20,24)(H,21,25). The molecule has 1 heterocycles. The van der Waals surface area contributed by atoms with E-state index >= 15 is 0 Å². The number of hydrogen-bond donors (Lipinski definition) is 2. The Morgan fingerprint density at radius 2 is 1.78 bits per heavy atom. The van der Waals surface area contributed by atoms with Gasteiger partial charge in [-0.2, -0.15) is 0 Å². The molecule has 0 atom stereocenters. The molecule has 7 nitrogen and oxygen atoms in total. The number of aromatic nitrogens is 2. The Morgan fingerprint density at radius 3 is 2.44 bits per heavy atom. The van der Waals surface area contributed by atoms with Crippen LogP contribution in [0.4, 0.5) is 11.4 Å². The van der Waals surface area contributed by atoms with Gasteiger partial charge < -0.3 is 15.1 Å². The summed E-state index contributed by atoms with van der Waals surface area (Å²) >= 11 is 7.08. The fraction of sp³-hybridized carbons (Fsp3) is 0.111. The van der Waals surface area contributed by atoms with Crippen LogP contribution < -0.4 is 10.6 Å². The van der Waals surface area contributed by atoms with Crippen molar-refractivity contribution in [2.24, 2.45) is 0 Å². The average Bonchev–Trinajstić information content (AvgIpc) is 3.10. The van der Waals surface area contributed by atoms with Crippen LogP contribution in [0, 0.1) is 0 Å². The number of hydrogen-bond acceptors (Lipinski definition) is 6. The predicted octanol–water partition coefficient (Wildman–Crippen LogP) is 4.08. The van der Waals surface area contributed by atoms with Crippen molar-refractivity contribution in [3.63, 3.8) is 0 Å². The molecule has 0 aliphatic heterocycles. The number of carbonyl (C=O) groups is 2. The molecule has 0 spiro atoms. The van der Waals surface area contributed by atoms with E-state index in [4.69, 9.17) is 16.0 Å². The highest BCUT2D eigenvalue weighted by Gasteiger charge is 2.12. The Hall–Kier alpha value is -2.84. The van der Waals surface area contributed by atoms with E-state index in [-0.39, 0.29) is 17.6 Å². The summed E-state index contributed by atoms with van der Waals surface area (Å²) in [7, 11) is 0. The van der Waals surface area contributed by atoms with Crippen molar-refractivity contribution in [1.29, 1.82) is 0 Å². The van der Waals surface area contributed by atoms with E-state index in [2.05, 4.69) is 20.8 Å². The number of carbonyl (C=O) groups excluding carboxylic acids is 2. The molecule has 0 saturated carbocycles. The monoisotopic (exact) mass is 402 g/mol. The summed E-state index contributed by atoms with van der Waals surface area (Å²) in [5, 5.41) is 14.2. The molecule has 3 aromatic rings. The third-order valence-electron chi connectivity index (χ3n) is 3.29. The van der Waals surface area contributed by atoms with Crippen LogP contribution in [-0.2, 0) is 9.59 Å². The molecule has 0 bridgehead atoms. The van der Waals surface area contributed by atoms with Crippen molar-refractivity contribution in [3.05, 3.63) is 53.6 Å². The lowest BCUT2D eigenvalue weighted by Crippen LogP contribution is -2.14. The summed E-state index contributed by atoms with van der Waals surface area (Å²) < 4.78 is 5.54. The molecular formula is C18H15ClN4O3S. The van der Waals surface area contributed by atoms with E-state index in [1.165, 1.54) is 6.92 Å². The first-order chi connectivity index (χ1) is 13.0. The van der Waals surface area contributed by atoms with Gasteiger partial charge in [-0.3, -0.25) is 9.59 Å². The van der Waals surface area contributed by atoms with Gasteiger partial charge in [0.2, 0.25) is 17.7 Å². The van der Waals surface area contributed by atoms with Crippen LogP contribution >= 0.6 is 23.4 Å². The Morgan fingerprint density at radius 1 is 1.07 bits per heavy atom. The maximum absolute atomic E-state index is 12.1. The molecule has 1 aromatic heterocycles. The van der Waals surface area contributed by atoms with Gasteiger partial charge in [-0.25, -0.2) is 0 Å². The number of nitrogens with zero attached hydrogens (tertiary/aromatic N) is 2. The maximum atomic E-state index is 12.1. The highest BCUT2D eigenvalue weighted by Crippen LogP contribution is 2.25. The van der Waals surface area contributed by atoms with Gasteiger partial charge in [-0.1, -0.05) is 29.4 Å². The van der Waals surface area contributed by atoms with E-state index in [1.807, 2.05) is 6.07 Å². The van der Waals surface area contributed by atoms with Gasteiger partial charge >= 0.3 is 0 Å². The number of halogens is 1. The molecule has 0 saturated heterocycles. The van der Waals surface area contributed by atoms with E-state index in [9.17, 15) is 9.59 Å². The van der Waals surface area contributed by atoms with Gasteiger partial charge in [0.05, 0.1) is 5.75 Å². The van der Waals surface area contributed by atoms with Gasteiger partial charge in [0.1, 0.15) is 0 Å². The quantitative estimate of drug-likeness (QED) is 0.603. The molecule has 2 N–H and O–H groups in total. The van der Waals surface area contributed by atoms with Crippen LogP contribution in [0.15, 0.2) is 58.2 Å². The van der Waals surface area contributed by atoms with E-state index in [0.717, 1.165) is 11.8 Å². The molecule has 3 rings (SSSR count). The zero-order valence-corrected chi connectivity index (χ0v) is 15.8. The number of nitrogens with one attached hydrogen (secondary N) is 2.